The van der Waals surface area contributed by atoms with E-state index in [1.807, 2.05) is 0 Å². The smallest absolute Gasteiger partial charge is 0.317 e. The lowest BCUT2D eigenvalue weighted by Gasteiger charge is -2.22. The molecule has 0 amide bonds. The molecular formula is C6H10ClF3O. The summed E-state index contributed by atoms with van der Waals surface area (Å²) in [6.45, 7) is 2.74. The van der Waals surface area contributed by atoms with Crippen molar-refractivity contribution >= 4 is 11.6 Å². The quantitative estimate of drug-likeness (QED) is 0.620. The Labute approximate surface area is 68.5 Å². The molecule has 0 aliphatic rings. The van der Waals surface area contributed by atoms with Crippen molar-refractivity contribution in [1.82, 2.24) is 0 Å². The van der Waals surface area contributed by atoms with Crippen LogP contribution in [-0.4, -0.2) is 24.3 Å². The molecule has 0 aliphatic heterocycles. The third-order valence-electron chi connectivity index (χ3n) is 1.25. The molecule has 0 rings (SSSR count). The maximum atomic E-state index is 12.5. The van der Waals surface area contributed by atoms with Gasteiger partial charge in [0.05, 0.1) is 0 Å². The van der Waals surface area contributed by atoms with Gasteiger partial charge in [0, 0.05) is 6.61 Å². The average molecular weight is 191 g/mol. The van der Waals surface area contributed by atoms with Crippen molar-refractivity contribution in [3.8, 4) is 0 Å². The predicted octanol–water partition coefficient (Wildman–Crippen LogP) is 2.58. The molecule has 0 aromatic carbocycles. The molecule has 0 aliphatic carbocycles. The van der Waals surface area contributed by atoms with Crippen LogP contribution in [0.4, 0.5) is 13.2 Å². The molecule has 1 nitrogen and oxygen atoms in total. The lowest BCUT2D eigenvalue weighted by atomic mass is 10.2. The van der Waals surface area contributed by atoms with Crippen molar-refractivity contribution < 1.29 is 17.9 Å². The van der Waals surface area contributed by atoms with Crippen molar-refractivity contribution in [3.05, 3.63) is 0 Å². The first-order valence-corrected chi connectivity index (χ1v) is 3.64. The third kappa shape index (κ3) is 2.87. The van der Waals surface area contributed by atoms with Gasteiger partial charge in [-0.05, 0) is 13.8 Å². The highest BCUT2D eigenvalue weighted by Crippen LogP contribution is 2.29. The summed E-state index contributed by atoms with van der Waals surface area (Å²) in [7, 11) is 0. The SMILES string of the molecule is CCOC(C)C(F)(F)C(F)Cl. The van der Waals surface area contributed by atoms with Crippen LogP contribution in [0.5, 0.6) is 0 Å². The Morgan fingerprint density at radius 2 is 2.00 bits per heavy atom. The van der Waals surface area contributed by atoms with Gasteiger partial charge in [0.15, 0.2) is 0 Å². The molecule has 0 aromatic rings. The molecular weight excluding hydrogens is 181 g/mol. The minimum atomic E-state index is -3.61. The van der Waals surface area contributed by atoms with E-state index in [9.17, 15) is 13.2 Å². The monoisotopic (exact) mass is 190 g/mol. The Bertz CT molecular complexity index is 118. The first kappa shape index (κ1) is 11.0. The van der Waals surface area contributed by atoms with Crippen molar-refractivity contribution in [1.29, 1.82) is 0 Å². The first-order chi connectivity index (χ1) is 4.92. The molecule has 5 heteroatoms. The van der Waals surface area contributed by atoms with Gasteiger partial charge in [-0.25, -0.2) is 4.39 Å². The Hall–Kier alpha value is 0.0400. The van der Waals surface area contributed by atoms with E-state index in [0.29, 0.717) is 0 Å². The van der Waals surface area contributed by atoms with E-state index < -0.39 is 17.7 Å². The fourth-order valence-electron chi connectivity index (χ4n) is 0.539. The zero-order chi connectivity index (χ0) is 9.07. The lowest BCUT2D eigenvalue weighted by Crippen LogP contribution is -2.39. The maximum Gasteiger partial charge on any atom is 0.317 e. The molecule has 11 heavy (non-hydrogen) atoms. The number of ether oxygens (including phenoxy) is 1. The molecule has 0 bridgehead atoms. The van der Waals surface area contributed by atoms with Crippen LogP contribution in [0.2, 0.25) is 0 Å². The fraction of sp³-hybridized carbons (Fsp3) is 1.00. The molecule has 0 saturated heterocycles. The first-order valence-electron chi connectivity index (χ1n) is 3.20. The van der Waals surface area contributed by atoms with E-state index in [4.69, 9.17) is 0 Å². The van der Waals surface area contributed by atoms with Gasteiger partial charge >= 0.3 is 5.92 Å². The summed E-state index contributed by atoms with van der Waals surface area (Å²) < 4.78 is 41.5. The minimum absolute atomic E-state index is 0.111. The van der Waals surface area contributed by atoms with E-state index in [2.05, 4.69) is 16.3 Å². The van der Waals surface area contributed by atoms with Crippen molar-refractivity contribution in [3.63, 3.8) is 0 Å². The van der Waals surface area contributed by atoms with Crippen LogP contribution in [0.25, 0.3) is 0 Å². The molecule has 0 saturated carbocycles. The second kappa shape index (κ2) is 4.16. The average Bonchev–Trinajstić information content (AvgIpc) is 1.88. The molecule has 0 radical (unpaired) electrons. The zero-order valence-corrected chi connectivity index (χ0v) is 7.04. The summed E-state index contributed by atoms with van der Waals surface area (Å²) in [6.07, 6.45) is -1.49. The molecule has 0 aromatic heterocycles. The summed E-state index contributed by atoms with van der Waals surface area (Å²) in [4.78, 5) is 0. The second-order valence-electron chi connectivity index (χ2n) is 2.07. The van der Waals surface area contributed by atoms with Crippen molar-refractivity contribution in [2.24, 2.45) is 0 Å². The summed E-state index contributed by atoms with van der Waals surface area (Å²) in [5.41, 5.74) is -2.69. The van der Waals surface area contributed by atoms with Crippen LogP contribution in [0.3, 0.4) is 0 Å². The third-order valence-corrected chi connectivity index (χ3v) is 1.54. The molecule has 0 spiro atoms. The number of halogens is 4. The van der Waals surface area contributed by atoms with E-state index in [0.717, 1.165) is 6.92 Å². The topological polar surface area (TPSA) is 9.23 Å². The normalized spacial score (nSPS) is 18.0. The number of rotatable bonds is 4. The van der Waals surface area contributed by atoms with Gasteiger partial charge in [0.2, 0.25) is 5.63 Å². The minimum Gasteiger partial charge on any atom is -0.372 e. The molecule has 0 heterocycles. The molecule has 0 N–H and O–H groups in total. The van der Waals surface area contributed by atoms with Gasteiger partial charge in [0.1, 0.15) is 6.10 Å². The Morgan fingerprint density at radius 1 is 1.55 bits per heavy atom. The Kier molecular flexibility index (Phi) is 4.18. The standard InChI is InChI=1S/C6H10ClF3O/c1-3-11-4(2)6(9,10)5(7)8/h4-5H,3H2,1-2H3. The van der Waals surface area contributed by atoms with E-state index in [1.54, 1.807) is 6.92 Å². The van der Waals surface area contributed by atoms with Crippen molar-refractivity contribution in [2.75, 3.05) is 6.61 Å². The largest absolute Gasteiger partial charge is 0.372 e. The highest BCUT2D eigenvalue weighted by Gasteiger charge is 2.45. The second-order valence-corrected chi connectivity index (χ2v) is 2.46. The van der Waals surface area contributed by atoms with Crippen LogP contribution >= 0.6 is 11.6 Å². The van der Waals surface area contributed by atoms with Gasteiger partial charge in [0.25, 0.3) is 0 Å². The van der Waals surface area contributed by atoms with E-state index in [-0.39, 0.29) is 6.61 Å². The fourth-order valence-corrected chi connectivity index (χ4v) is 0.716. The zero-order valence-electron chi connectivity index (χ0n) is 6.28. The van der Waals surface area contributed by atoms with Crippen LogP contribution in [0, 0.1) is 0 Å². The molecule has 0 fully saturated rings. The Balaban J connectivity index is 4.05. The predicted molar refractivity (Wildman–Crippen MR) is 36.8 cm³/mol. The van der Waals surface area contributed by atoms with Crippen LogP contribution in [0.1, 0.15) is 13.8 Å². The number of hydrogen-bond donors (Lipinski definition) is 0. The summed E-state index contributed by atoms with van der Waals surface area (Å²) in [5, 5.41) is 0. The van der Waals surface area contributed by atoms with Gasteiger partial charge in [-0.3, -0.25) is 0 Å². The van der Waals surface area contributed by atoms with Crippen LogP contribution in [-0.2, 0) is 4.74 Å². The highest BCUT2D eigenvalue weighted by molar-refractivity contribution is 6.20. The van der Waals surface area contributed by atoms with Gasteiger partial charge < -0.3 is 4.74 Å². The maximum absolute atomic E-state index is 12.5. The lowest BCUT2D eigenvalue weighted by molar-refractivity contribution is -0.147. The number of alkyl halides is 4. The summed E-state index contributed by atoms with van der Waals surface area (Å²) in [6, 6.07) is 0. The highest BCUT2D eigenvalue weighted by atomic mass is 35.5. The van der Waals surface area contributed by atoms with Crippen LogP contribution in [0.15, 0.2) is 0 Å². The number of hydrogen-bond acceptors (Lipinski definition) is 1. The van der Waals surface area contributed by atoms with Gasteiger partial charge in [-0.1, -0.05) is 11.6 Å². The summed E-state index contributed by atoms with van der Waals surface area (Å²) in [5.74, 6) is -3.61. The van der Waals surface area contributed by atoms with E-state index >= 15 is 0 Å². The molecule has 2 unspecified atom stereocenters. The van der Waals surface area contributed by atoms with Gasteiger partial charge in [-0.15, -0.1) is 0 Å². The summed E-state index contributed by atoms with van der Waals surface area (Å²) >= 11 is 4.60. The van der Waals surface area contributed by atoms with E-state index in [1.165, 1.54) is 0 Å². The molecule has 68 valence electrons. The molecule has 2 atom stereocenters. The van der Waals surface area contributed by atoms with Crippen molar-refractivity contribution in [2.45, 2.75) is 31.5 Å². The van der Waals surface area contributed by atoms with Gasteiger partial charge in [-0.2, -0.15) is 8.78 Å². The van der Waals surface area contributed by atoms with Crippen LogP contribution < -0.4 is 0 Å². The Morgan fingerprint density at radius 3 is 2.27 bits per heavy atom.